The van der Waals surface area contributed by atoms with Crippen LogP contribution in [0.5, 0.6) is 0 Å². The SMILES string of the molecule is C[C@@H](c1cnn(-c2ccc(F)cc2F)c1)c1c(C#N)c(-c2cnc(C(F)(F)F)nc2)c2c(N)ncnn12. The third kappa shape index (κ3) is 3.99. The van der Waals surface area contributed by atoms with E-state index in [1.165, 1.54) is 34.0 Å². The Morgan fingerprint density at radius 2 is 1.78 bits per heavy atom. The molecule has 0 spiro atoms. The van der Waals surface area contributed by atoms with Crippen LogP contribution in [0.3, 0.4) is 0 Å². The van der Waals surface area contributed by atoms with E-state index in [0.717, 1.165) is 24.5 Å². The number of rotatable bonds is 4. The normalized spacial score (nSPS) is 12.6. The smallest absolute Gasteiger partial charge is 0.382 e. The molecule has 0 radical (unpaired) electrons. The van der Waals surface area contributed by atoms with E-state index in [4.69, 9.17) is 5.73 Å². The summed E-state index contributed by atoms with van der Waals surface area (Å²) < 4.78 is 69.1. The van der Waals surface area contributed by atoms with Gasteiger partial charge in [0.25, 0.3) is 0 Å². The molecule has 0 fully saturated rings. The molecule has 0 aliphatic heterocycles. The van der Waals surface area contributed by atoms with Gasteiger partial charge >= 0.3 is 6.18 Å². The number of nitrogens with zero attached hydrogens (tertiary/aromatic N) is 8. The average molecular weight is 511 g/mol. The number of benzene rings is 1. The highest BCUT2D eigenvalue weighted by molar-refractivity contribution is 5.92. The number of nitriles is 1. The fraction of sp³-hybridized carbons (Fsp3) is 0.130. The van der Waals surface area contributed by atoms with Gasteiger partial charge in [-0.05, 0) is 17.7 Å². The molecule has 1 aromatic carbocycles. The molecule has 0 aliphatic rings. The topological polar surface area (TPSA) is 124 Å². The van der Waals surface area contributed by atoms with Crippen molar-refractivity contribution in [3.05, 3.63) is 83.6 Å². The Morgan fingerprint density at radius 3 is 2.43 bits per heavy atom. The van der Waals surface area contributed by atoms with Crippen LogP contribution in [0, 0.1) is 23.0 Å². The van der Waals surface area contributed by atoms with Gasteiger partial charge in [-0.1, -0.05) is 6.92 Å². The van der Waals surface area contributed by atoms with E-state index in [1.807, 2.05) is 0 Å². The second kappa shape index (κ2) is 8.63. The molecule has 0 bridgehead atoms. The van der Waals surface area contributed by atoms with E-state index in [9.17, 15) is 27.2 Å². The standard InChI is InChI=1S/C23H14F5N9/c1-11(13-8-34-36(9-13)17-3-2-14(24)4-16(17)25)19-15(5-29)18(20-21(30)33-10-35-37(19)20)12-6-31-22(32-7-12)23(26,27)28/h2-4,6-11H,1H3,(H2,30,33,35)/t11-/m0/s1. The number of anilines is 1. The lowest BCUT2D eigenvalue weighted by atomic mass is 9.95. The third-order valence-corrected chi connectivity index (χ3v) is 5.76. The van der Waals surface area contributed by atoms with Crippen LogP contribution >= 0.6 is 0 Å². The third-order valence-electron chi connectivity index (χ3n) is 5.76. The minimum absolute atomic E-state index is 0.00883. The van der Waals surface area contributed by atoms with E-state index in [0.29, 0.717) is 11.3 Å². The Bertz CT molecular complexity index is 1680. The predicted molar refractivity (Wildman–Crippen MR) is 119 cm³/mol. The molecule has 9 nitrogen and oxygen atoms in total. The van der Waals surface area contributed by atoms with E-state index in [1.54, 1.807) is 6.92 Å². The van der Waals surface area contributed by atoms with Gasteiger partial charge in [-0.15, -0.1) is 0 Å². The first-order valence-electron chi connectivity index (χ1n) is 10.5. The molecular weight excluding hydrogens is 497 g/mol. The molecule has 37 heavy (non-hydrogen) atoms. The molecule has 0 unspecified atom stereocenters. The first kappa shape index (κ1) is 23.8. The maximum atomic E-state index is 14.3. The summed E-state index contributed by atoms with van der Waals surface area (Å²) in [6, 6.07) is 5.13. The fourth-order valence-electron chi connectivity index (χ4n) is 4.05. The van der Waals surface area contributed by atoms with Gasteiger partial charge in [-0.3, -0.25) is 0 Å². The first-order chi connectivity index (χ1) is 17.6. The van der Waals surface area contributed by atoms with Crippen molar-refractivity contribution in [1.82, 2.24) is 34.3 Å². The molecule has 14 heteroatoms. The largest absolute Gasteiger partial charge is 0.451 e. The summed E-state index contributed by atoms with van der Waals surface area (Å²) in [6.07, 6.45) is 1.27. The van der Waals surface area contributed by atoms with Crippen LogP contribution in [0.15, 0.2) is 49.3 Å². The molecule has 4 heterocycles. The molecule has 2 N–H and O–H groups in total. The maximum Gasteiger partial charge on any atom is 0.451 e. The van der Waals surface area contributed by atoms with Crippen molar-refractivity contribution < 1.29 is 22.0 Å². The second-order valence-corrected chi connectivity index (χ2v) is 7.98. The van der Waals surface area contributed by atoms with Gasteiger partial charge in [0, 0.05) is 41.7 Å². The molecule has 0 saturated carbocycles. The highest BCUT2D eigenvalue weighted by atomic mass is 19.4. The van der Waals surface area contributed by atoms with Crippen molar-refractivity contribution in [3.8, 4) is 22.9 Å². The fourth-order valence-corrected chi connectivity index (χ4v) is 4.05. The number of halogens is 5. The van der Waals surface area contributed by atoms with Gasteiger partial charge < -0.3 is 5.73 Å². The summed E-state index contributed by atoms with van der Waals surface area (Å²) in [5.41, 5.74) is 7.47. The van der Waals surface area contributed by atoms with Crippen LogP contribution in [0.1, 0.15) is 35.5 Å². The van der Waals surface area contributed by atoms with Crippen LogP contribution in [0.25, 0.3) is 22.3 Å². The first-order valence-corrected chi connectivity index (χ1v) is 10.5. The lowest BCUT2D eigenvalue weighted by Gasteiger charge is -2.10. The molecule has 5 aromatic rings. The van der Waals surface area contributed by atoms with Crippen LogP contribution in [0.4, 0.5) is 27.8 Å². The highest BCUT2D eigenvalue weighted by Gasteiger charge is 2.35. The van der Waals surface area contributed by atoms with E-state index < -0.39 is 29.6 Å². The van der Waals surface area contributed by atoms with Crippen molar-refractivity contribution in [2.75, 3.05) is 5.73 Å². The average Bonchev–Trinajstić information content (AvgIpc) is 3.47. The number of hydrogen-bond acceptors (Lipinski definition) is 7. The van der Waals surface area contributed by atoms with Crippen molar-refractivity contribution >= 4 is 11.3 Å². The van der Waals surface area contributed by atoms with Crippen LogP contribution in [-0.4, -0.2) is 34.3 Å². The number of aromatic nitrogens is 7. The summed E-state index contributed by atoms with van der Waals surface area (Å²) in [5, 5.41) is 18.5. The second-order valence-electron chi connectivity index (χ2n) is 7.98. The van der Waals surface area contributed by atoms with E-state index in [2.05, 4.69) is 31.2 Å². The van der Waals surface area contributed by atoms with Crippen molar-refractivity contribution in [1.29, 1.82) is 5.26 Å². The summed E-state index contributed by atoms with van der Waals surface area (Å²) >= 11 is 0. The van der Waals surface area contributed by atoms with Gasteiger partial charge in [0.05, 0.1) is 17.5 Å². The van der Waals surface area contributed by atoms with Gasteiger partial charge in [0.1, 0.15) is 29.4 Å². The Balaban J connectivity index is 1.67. The van der Waals surface area contributed by atoms with E-state index in [-0.39, 0.29) is 33.7 Å². The van der Waals surface area contributed by atoms with Crippen LogP contribution < -0.4 is 5.73 Å². The molecular formula is C23H14F5N9. The summed E-state index contributed by atoms with van der Waals surface area (Å²) in [5.74, 6) is -3.51. The molecule has 0 saturated heterocycles. The minimum atomic E-state index is -4.74. The van der Waals surface area contributed by atoms with Gasteiger partial charge in [0.2, 0.25) is 5.82 Å². The van der Waals surface area contributed by atoms with Gasteiger partial charge in [-0.25, -0.2) is 32.9 Å². The van der Waals surface area contributed by atoms with Crippen LogP contribution in [-0.2, 0) is 6.18 Å². The van der Waals surface area contributed by atoms with E-state index >= 15 is 0 Å². The Labute approximate surface area is 204 Å². The van der Waals surface area contributed by atoms with Crippen LogP contribution in [0.2, 0.25) is 0 Å². The zero-order chi connectivity index (χ0) is 26.5. The maximum absolute atomic E-state index is 14.3. The minimum Gasteiger partial charge on any atom is -0.382 e. The van der Waals surface area contributed by atoms with Crippen molar-refractivity contribution in [2.45, 2.75) is 19.0 Å². The number of hydrogen-bond donors (Lipinski definition) is 1. The van der Waals surface area contributed by atoms with Crippen molar-refractivity contribution in [2.24, 2.45) is 0 Å². The van der Waals surface area contributed by atoms with Crippen molar-refractivity contribution in [3.63, 3.8) is 0 Å². The molecule has 0 aliphatic carbocycles. The lowest BCUT2D eigenvalue weighted by molar-refractivity contribution is -0.144. The Kier molecular flexibility index (Phi) is 5.55. The summed E-state index contributed by atoms with van der Waals surface area (Å²) in [7, 11) is 0. The lowest BCUT2D eigenvalue weighted by Crippen LogP contribution is -2.10. The number of alkyl halides is 3. The zero-order valence-corrected chi connectivity index (χ0v) is 18.7. The Hall–Kier alpha value is -4.93. The summed E-state index contributed by atoms with van der Waals surface area (Å²) in [6.45, 7) is 1.73. The Morgan fingerprint density at radius 1 is 1.05 bits per heavy atom. The molecule has 5 rings (SSSR count). The monoisotopic (exact) mass is 511 g/mol. The molecule has 0 amide bonds. The number of fused-ring (bicyclic) bond motifs is 1. The van der Waals surface area contributed by atoms with Gasteiger partial charge in [0.15, 0.2) is 11.6 Å². The number of nitrogens with two attached hydrogens (primary N) is 1. The molecule has 1 atom stereocenters. The molecule has 4 aromatic heterocycles. The predicted octanol–water partition coefficient (Wildman–Crippen LogP) is 4.27. The van der Waals surface area contributed by atoms with Gasteiger partial charge in [-0.2, -0.15) is 28.6 Å². The number of nitrogen functional groups attached to an aromatic ring is 1. The molecule has 186 valence electrons. The summed E-state index contributed by atoms with van der Waals surface area (Å²) in [4.78, 5) is 10.7. The quantitative estimate of drug-likeness (QED) is 0.357. The highest BCUT2D eigenvalue weighted by Crippen LogP contribution is 2.39. The zero-order valence-electron chi connectivity index (χ0n) is 18.7.